The molecule has 1 saturated heterocycles. The number of imidazole rings is 1. The lowest BCUT2D eigenvalue weighted by atomic mass is 9.93. The van der Waals surface area contributed by atoms with Crippen molar-refractivity contribution in [1.82, 2.24) is 18.7 Å². The number of Topliss-reactive ketones (excluding diaryl/α,β-unsaturated/α-hetero) is 1. The predicted molar refractivity (Wildman–Crippen MR) is 150 cm³/mol. The summed E-state index contributed by atoms with van der Waals surface area (Å²) >= 11 is 0. The summed E-state index contributed by atoms with van der Waals surface area (Å²) in [6, 6.07) is 12.2. The van der Waals surface area contributed by atoms with Gasteiger partial charge in [0.1, 0.15) is 6.07 Å². The molecule has 0 spiro atoms. The highest BCUT2D eigenvalue weighted by Crippen LogP contribution is 2.27. The molecule has 200 valence electrons. The Morgan fingerprint density at radius 3 is 2.58 bits per heavy atom. The molecule has 0 amide bonds. The largest absolute Gasteiger partial charge is 0.341 e. The van der Waals surface area contributed by atoms with Gasteiger partial charge in [-0.3, -0.25) is 23.3 Å². The second-order valence-electron chi connectivity index (χ2n) is 9.72. The van der Waals surface area contributed by atoms with Crippen molar-refractivity contribution in [3.05, 3.63) is 67.9 Å². The van der Waals surface area contributed by atoms with Gasteiger partial charge in [-0.1, -0.05) is 30.2 Å². The quantitative estimate of drug-likeness (QED) is 0.299. The van der Waals surface area contributed by atoms with Crippen LogP contribution in [-0.4, -0.2) is 43.6 Å². The normalized spacial score (nSPS) is 14.9. The lowest BCUT2D eigenvalue weighted by Gasteiger charge is -2.31. The van der Waals surface area contributed by atoms with E-state index in [0.29, 0.717) is 29.8 Å². The second kappa shape index (κ2) is 10.5. The first-order valence-electron chi connectivity index (χ1n) is 12.8. The van der Waals surface area contributed by atoms with Crippen molar-refractivity contribution < 1.29 is 4.79 Å². The molecule has 1 atom stereocenters. The molecule has 11 heteroatoms. The zero-order chi connectivity index (χ0) is 28.6. The number of ketones is 1. The van der Waals surface area contributed by atoms with Gasteiger partial charge < -0.3 is 10.6 Å². The maximum atomic E-state index is 13.8. The lowest BCUT2D eigenvalue weighted by Crippen LogP contribution is -2.44. The van der Waals surface area contributed by atoms with Gasteiger partial charge in [0.15, 0.2) is 16.9 Å². The second-order valence-corrected chi connectivity index (χ2v) is 9.72. The first kappa shape index (κ1) is 26.4. The monoisotopic (exact) mass is 534 g/mol. The summed E-state index contributed by atoms with van der Waals surface area (Å²) in [6.07, 6.45) is 1.74. The van der Waals surface area contributed by atoms with E-state index < -0.39 is 23.6 Å². The Morgan fingerprint density at radius 2 is 1.90 bits per heavy atom. The van der Waals surface area contributed by atoms with Crippen LogP contribution in [0.15, 0.2) is 39.9 Å². The third-order valence-corrected chi connectivity index (χ3v) is 7.25. The van der Waals surface area contributed by atoms with Crippen LogP contribution in [0.2, 0.25) is 0 Å². The molecule has 2 aromatic carbocycles. The Bertz CT molecular complexity index is 1960. The molecule has 0 saturated carbocycles. The fourth-order valence-electron chi connectivity index (χ4n) is 5.28. The van der Waals surface area contributed by atoms with Crippen molar-refractivity contribution in [2.24, 2.45) is 12.8 Å². The number of benzene rings is 2. The number of hydrogen-bond acceptors (Lipinski definition) is 8. The molecule has 1 fully saturated rings. The molecule has 40 heavy (non-hydrogen) atoms. The van der Waals surface area contributed by atoms with Gasteiger partial charge in [-0.05, 0) is 25.8 Å². The summed E-state index contributed by atoms with van der Waals surface area (Å²) in [5, 5.41) is 20.6. The van der Waals surface area contributed by atoms with E-state index in [9.17, 15) is 24.9 Å². The highest BCUT2D eigenvalue weighted by atomic mass is 16.2. The number of nitrogens with two attached hydrogens (primary N) is 1. The van der Waals surface area contributed by atoms with Crippen LogP contribution in [0.5, 0.6) is 0 Å². The van der Waals surface area contributed by atoms with Crippen LogP contribution in [0, 0.1) is 34.5 Å². The van der Waals surface area contributed by atoms with Gasteiger partial charge in [-0.15, -0.1) is 5.92 Å². The zero-order valence-electron chi connectivity index (χ0n) is 22.1. The molecule has 1 aliphatic rings. The molecule has 2 aromatic heterocycles. The molecule has 2 N–H and O–H groups in total. The first-order valence-corrected chi connectivity index (χ1v) is 12.8. The van der Waals surface area contributed by atoms with E-state index in [0.717, 1.165) is 17.4 Å². The van der Waals surface area contributed by atoms with Gasteiger partial charge in [0.25, 0.3) is 5.56 Å². The Hall–Kier alpha value is -5.18. The summed E-state index contributed by atoms with van der Waals surface area (Å²) in [4.78, 5) is 47.4. The van der Waals surface area contributed by atoms with E-state index in [1.54, 1.807) is 35.8 Å². The molecular formula is C29H26N8O3. The number of rotatable bonds is 5. The number of carbonyl (C=O) groups is 1. The molecule has 3 heterocycles. The molecule has 11 nitrogen and oxygen atoms in total. The number of aromatic nitrogens is 4. The van der Waals surface area contributed by atoms with Crippen molar-refractivity contribution in [3.8, 4) is 24.0 Å². The summed E-state index contributed by atoms with van der Waals surface area (Å²) in [7, 11) is 1.49. The number of piperidine rings is 1. The summed E-state index contributed by atoms with van der Waals surface area (Å²) in [5.74, 6) is 5.65. The average molecular weight is 535 g/mol. The van der Waals surface area contributed by atoms with Crippen LogP contribution in [0.3, 0.4) is 0 Å². The molecule has 0 radical (unpaired) electrons. The van der Waals surface area contributed by atoms with Gasteiger partial charge in [-0.2, -0.15) is 15.5 Å². The smallest absolute Gasteiger partial charge is 0.332 e. The van der Waals surface area contributed by atoms with Gasteiger partial charge in [0, 0.05) is 42.5 Å². The van der Waals surface area contributed by atoms with E-state index in [1.807, 2.05) is 4.90 Å². The maximum absolute atomic E-state index is 13.8. The minimum absolute atomic E-state index is 0.0276. The van der Waals surface area contributed by atoms with E-state index in [1.165, 1.54) is 17.7 Å². The standard InChI is InChI=1S/C29H26N8O3/c1-3-4-12-36-25-26(33-28(36)35-11-7-8-19(32)16-35)34(2)29(40)37(27(25)39)17-24(38)22-13-18(14-30)20-9-5-6-10-21(20)23(22)15-31/h5-6,9-10,13,19H,7-8,11-12,16-17,32H2,1-2H3. The minimum atomic E-state index is -0.723. The molecular weight excluding hydrogens is 508 g/mol. The maximum Gasteiger partial charge on any atom is 0.332 e. The number of hydrogen-bond donors (Lipinski definition) is 1. The lowest BCUT2D eigenvalue weighted by molar-refractivity contribution is 0.0968. The Morgan fingerprint density at radius 1 is 1.15 bits per heavy atom. The first-order chi connectivity index (χ1) is 19.3. The summed E-state index contributed by atoms with van der Waals surface area (Å²) in [5.41, 5.74) is 5.38. The van der Waals surface area contributed by atoms with Gasteiger partial charge >= 0.3 is 5.69 Å². The van der Waals surface area contributed by atoms with Crippen LogP contribution >= 0.6 is 0 Å². The Kier molecular flexibility index (Phi) is 6.96. The van der Waals surface area contributed by atoms with E-state index in [4.69, 9.17) is 5.73 Å². The van der Waals surface area contributed by atoms with Gasteiger partial charge in [0.2, 0.25) is 5.95 Å². The van der Waals surface area contributed by atoms with Crippen LogP contribution in [0.1, 0.15) is 41.3 Å². The number of nitrogens with zero attached hydrogens (tertiary/aromatic N) is 7. The topological polar surface area (TPSA) is 156 Å². The molecule has 1 aliphatic heterocycles. The molecule has 4 aromatic rings. The third kappa shape index (κ3) is 4.31. The predicted octanol–water partition coefficient (Wildman–Crippen LogP) is 1.63. The number of carbonyl (C=O) groups excluding carboxylic acids is 1. The molecule has 5 rings (SSSR count). The van der Waals surface area contributed by atoms with Gasteiger partial charge in [0.05, 0.1) is 30.3 Å². The minimum Gasteiger partial charge on any atom is -0.341 e. The van der Waals surface area contributed by atoms with E-state index >= 15 is 0 Å². The number of fused-ring (bicyclic) bond motifs is 2. The van der Waals surface area contributed by atoms with Crippen molar-refractivity contribution >= 4 is 33.7 Å². The van der Waals surface area contributed by atoms with Crippen LogP contribution in [0.25, 0.3) is 21.9 Å². The highest BCUT2D eigenvalue weighted by Gasteiger charge is 2.27. The highest BCUT2D eigenvalue weighted by molar-refractivity contribution is 6.06. The SMILES string of the molecule is CC#CCn1c(N2CCCC(N)C2)nc2c1c(=O)n(CC(=O)c1cc(C#N)c3ccccc3c1C#N)c(=O)n2C. The number of anilines is 1. The third-order valence-electron chi connectivity index (χ3n) is 7.25. The molecule has 0 aliphatic carbocycles. The van der Waals surface area contributed by atoms with Crippen molar-refractivity contribution in [2.45, 2.75) is 38.9 Å². The average Bonchev–Trinajstić information content (AvgIpc) is 3.35. The van der Waals surface area contributed by atoms with Crippen LogP contribution in [0.4, 0.5) is 5.95 Å². The Balaban J connectivity index is 1.68. The van der Waals surface area contributed by atoms with Crippen LogP contribution < -0.4 is 21.9 Å². The fourth-order valence-corrected chi connectivity index (χ4v) is 5.28. The fraction of sp³-hybridized carbons (Fsp3) is 0.310. The Labute approximate surface area is 229 Å². The molecule has 0 bridgehead atoms. The van der Waals surface area contributed by atoms with E-state index in [2.05, 4.69) is 29.0 Å². The van der Waals surface area contributed by atoms with E-state index in [-0.39, 0.29) is 40.4 Å². The summed E-state index contributed by atoms with van der Waals surface area (Å²) in [6.45, 7) is 2.47. The van der Waals surface area contributed by atoms with Crippen molar-refractivity contribution in [3.63, 3.8) is 0 Å². The van der Waals surface area contributed by atoms with Crippen molar-refractivity contribution in [1.29, 1.82) is 10.5 Å². The van der Waals surface area contributed by atoms with Gasteiger partial charge in [-0.25, -0.2) is 4.79 Å². The number of nitriles is 2. The van der Waals surface area contributed by atoms with Crippen LogP contribution in [-0.2, 0) is 20.1 Å². The zero-order valence-corrected chi connectivity index (χ0v) is 22.1. The number of aryl methyl sites for hydroxylation is 1. The molecule has 1 unspecified atom stereocenters. The summed E-state index contributed by atoms with van der Waals surface area (Å²) < 4.78 is 3.74. The van der Waals surface area contributed by atoms with Crippen molar-refractivity contribution in [2.75, 3.05) is 18.0 Å².